The highest BCUT2D eigenvalue weighted by molar-refractivity contribution is 9.11. The molecule has 0 radical (unpaired) electrons. The van der Waals surface area contributed by atoms with Crippen molar-refractivity contribution in [1.29, 1.82) is 0 Å². The van der Waals surface area contributed by atoms with Gasteiger partial charge in [-0.2, -0.15) is 0 Å². The van der Waals surface area contributed by atoms with Crippen LogP contribution in [-0.4, -0.2) is 31.0 Å². The highest BCUT2D eigenvalue weighted by Crippen LogP contribution is 2.27. The molecule has 0 aliphatic carbocycles. The largest absolute Gasteiger partial charge is 0.497 e. The zero-order valence-corrected chi connectivity index (χ0v) is 11.3. The fourth-order valence-electron chi connectivity index (χ4n) is 1.19. The average Bonchev–Trinajstić information content (AvgIpc) is 2.26. The van der Waals surface area contributed by atoms with Crippen LogP contribution in [0.2, 0.25) is 0 Å². The second-order valence-corrected chi connectivity index (χ2v) is 7.16. The summed E-state index contributed by atoms with van der Waals surface area (Å²) in [6.45, 7) is 0. The zero-order valence-electron chi connectivity index (χ0n) is 8.92. The van der Waals surface area contributed by atoms with Gasteiger partial charge in [-0.15, -0.1) is 0 Å². The lowest BCUT2D eigenvalue weighted by molar-refractivity contribution is 0.195. The van der Waals surface area contributed by atoms with Crippen molar-refractivity contribution in [3.8, 4) is 5.75 Å². The first-order chi connectivity index (χ1) is 7.36. The van der Waals surface area contributed by atoms with Crippen LogP contribution in [0, 0.1) is 0 Å². The van der Waals surface area contributed by atoms with E-state index in [2.05, 4.69) is 15.9 Å². The summed E-state index contributed by atoms with van der Waals surface area (Å²) in [6, 6.07) is 6.59. The van der Waals surface area contributed by atoms with Gasteiger partial charge in [0.1, 0.15) is 16.0 Å². The number of sulfone groups is 1. The molecule has 6 heteroatoms. The number of alkyl halides is 1. The molecule has 0 heterocycles. The number of rotatable bonds is 4. The Morgan fingerprint density at radius 3 is 2.19 bits per heavy atom. The van der Waals surface area contributed by atoms with Gasteiger partial charge in [0.15, 0.2) is 9.84 Å². The monoisotopic (exact) mass is 308 g/mol. The number of ether oxygens (including phenoxy) is 1. The molecule has 1 aromatic carbocycles. The van der Waals surface area contributed by atoms with Gasteiger partial charge in [0, 0.05) is 6.26 Å². The van der Waals surface area contributed by atoms with Crippen molar-refractivity contribution < 1.29 is 18.3 Å². The third-order valence-corrected chi connectivity index (χ3v) is 5.73. The Bertz CT molecular complexity index is 440. The molecule has 0 spiro atoms. The van der Waals surface area contributed by atoms with E-state index in [1.54, 1.807) is 24.3 Å². The molecular formula is C10H13BrO4S. The standard InChI is InChI=1S/C10H13BrO4S/c1-15-8-5-3-7(4-6-8)9(12)10(11)16(2,13)14/h3-6,9-10,12H,1-2H3/t9-,10+/m0/s1. The third kappa shape index (κ3) is 3.20. The number of benzene rings is 1. The third-order valence-electron chi connectivity index (χ3n) is 2.11. The Balaban J connectivity index is 2.92. The molecule has 0 aromatic heterocycles. The highest BCUT2D eigenvalue weighted by atomic mass is 79.9. The van der Waals surface area contributed by atoms with Gasteiger partial charge in [-0.1, -0.05) is 28.1 Å². The number of aliphatic hydroxyl groups excluding tert-OH is 1. The zero-order chi connectivity index (χ0) is 12.3. The molecule has 90 valence electrons. The lowest BCUT2D eigenvalue weighted by atomic mass is 10.1. The average molecular weight is 309 g/mol. The van der Waals surface area contributed by atoms with Crippen LogP contribution in [0.5, 0.6) is 5.75 Å². The molecule has 16 heavy (non-hydrogen) atoms. The molecule has 2 atom stereocenters. The van der Waals surface area contributed by atoms with E-state index in [9.17, 15) is 13.5 Å². The van der Waals surface area contributed by atoms with Crippen LogP contribution in [-0.2, 0) is 9.84 Å². The van der Waals surface area contributed by atoms with Gasteiger partial charge in [0.2, 0.25) is 0 Å². The predicted octanol–water partition coefficient (Wildman–Crippen LogP) is 1.49. The number of hydrogen-bond acceptors (Lipinski definition) is 4. The molecule has 0 fully saturated rings. The SMILES string of the molecule is COc1ccc([C@H](O)[C@H](Br)S(C)(=O)=O)cc1. The minimum Gasteiger partial charge on any atom is -0.497 e. The normalized spacial score (nSPS) is 15.5. The number of aliphatic hydroxyl groups is 1. The fraction of sp³-hybridized carbons (Fsp3) is 0.400. The maximum Gasteiger partial charge on any atom is 0.163 e. The van der Waals surface area contributed by atoms with Gasteiger partial charge in [0.25, 0.3) is 0 Å². The van der Waals surface area contributed by atoms with Crippen LogP contribution in [0.3, 0.4) is 0 Å². The summed E-state index contributed by atoms with van der Waals surface area (Å²) in [6.07, 6.45) is -0.0278. The van der Waals surface area contributed by atoms with Crippen molar-refractivity contribution >= 4 is 25.8 Å². The van der Waals surface area contributed by atoms with Gasteiger partial charge in [-0.3, -0.25) is 0 Å². The molecule has 1 rings (SSSR count). The molecule has 0 saturated carbocycles. The van der Waals surface area contributed by atoms with Crippen LogP contribution in [0.1, 0.15) is 11.7 Å². The van der Waals surface area contributed by atoms with Crippen molar-refractivity contribution in [3.05, 3.63) is 29.8 Å². The van der Waals surface area contributed by atoms with E-state index in [-0.39, 0.29) is 0 Å². The molecule has 0 saturated heterocycles. The molecule has 0 aliphatic rings. The molecule has 1 N–H and O–H groups in total. The van der Waals surface area contributed by atoms with Crippen molar-refractivity contribution in [3.63, 3.8) is 0 Å². The Morgan fingerprint density at radius 2 is 1.81 bits per heavy atom. The summed E-state index contributed by atoms with van der Waals surface area (Å²) in [5.74, 6) is 0.654. The van der Waals surface area contributed by atoms with Crippen LogP contribution >= 0.6 is 15.9 Å². The smallest absolute Gasteiger partial charge is 0.163 e. The maximum atomic E-state index is 11.2. The van der Waals surface area contributed by atoms with Gasteiger partial charge in [-0.05, 0) is 17.7 Å². The lowest BCUT2D eigenvalue weighted by Crippen LogP contribution is -2.21. The van der Waals surface area contributed by atoms with E-state index >= 15 is 0 Å². The quantitative estimate of drug-likeness (QED) is 0.856. The Labute approximate surface area is 103 Å². The maximum absolute atomic E-state index is 11.2. The van der Waals surface area contributed by atoms with E-state index in [4.69, 9.17) is 4.74 Å². The topological polar surface area (TPSA) is 63.6 Å². The van der Waals surface area contributed by atoms with Gasteiger partial charge in [-0.25, -0.2) is 8.42 Å². The summed E-state index contributed by atoms with van der Waals surface area (Å²) < 4.78 is 26.4. The molecule has 0 unspecified atom stereocenters. The van der Waals surface area contributed by atoms with Gasteiger partial charge in [0.05, 0.1) is 7.11 Å². The number of hydrogen-bond donors (Lipinski definition) is 1. The van der Waals surface area contributed by atoms with Crippen molar-refractivity contribution in [2.45, 2.75) is 10.3 Å². The molecule has 0 amide bonds. The number of halogens is 1. The van der Waals surface area contributed by atoms with Crippen molar-refractivity contribution in [1.82, 2.24) is 0 Å². The summed E-state index contributed by atoms with van der Waals surface area (Å²) in [5, 5.41) is 9.82. The van der Waals surface area contributed by atoms with E-state index in [1.807, 2.05) is 0 Å². The summed E-state index contributed by atoms with van der Waals surface area (Å²) >= 11 is 2.97. The van der Waals surface area contributed by atoms with Crippen LogP contribution in [0.15, 0.2) is 24.3 Å². The second-order valence-electron chi connectivity index (χ2n) is 3.40. The van der Waals surface area contributed by atoms with E-state index in [0.717, 1.165) is 6.26 Å². The summed E-state index contributed by atoms with van der Waals surface area (Å²) in [5.41, 5.74) is 0.521. The minimum absolute atomic E-state index is 0.521. The van der Waals surface area contributed by atoms with E-state index < -0.39 is 20.1 Å². The van der Waals surface area contributed by atoms with Gasteiger partial charge < -0.3 is 9.84 Å². The highest BCUT2D eigenvalue weighted by Gasteiger charge is 2.27. The Morgan fingerprint density at radius 1 is 1.31 bits per heavy atom. The van der Waals surface area contributed by atoms with Crippen molar-refractivity contribution in [2.24, 2.45) is 0 Å². The first-order valence-electron chi connectivity index (χ1n) is 4.51. The minimum atomic E-state index is -3.33. The summed E-state index contributed by atoms with van der Waals surface area (Å²) in [7, 11) is -1.79. The molecule has 0 aliphatic heterocycles. The Kier molecular flexibility index (Phi) is 4.35. The lowest BCUT2D eigenvalue weighted by Gasteiger charge is -2.16. The molecule has 4 nitrogen and oxygen atoms in total. The number of methoxy groups -OCH3 is 1. The van der Waals surface area contributed by atoms with E-state index in [1.165, 1.54) is 7.11 Å². The fourth-order valence-corrected chi connectivity index (χ4v) is 2.12. The van der Waals surface area contributed by atoms with E-state index in [0.29, 0.717) is 11.3 Å². The van der Waals surface area contributed by atoms with Crippen LogP contribution in [0.4, 0.5) is 0 Å². The Hall–Kier alpha value is -0.590. The van der Waals surface area contributed by atoms with Crippen LogP contribution in [0.25, 0.3) is 0 Å². The van der Waals surface area contributed by atoms with Gasteiger partial charge >= 0.3 is 0 Å². The predicted molar refractivity (Wildman–Crippen MR) is 65.5 cm³/mol. The molecular weight excluding hydrogens is 296 g/mol. The van der Waals surface area contributed by atoms with Crippen LogP contribution < -0.4 is 4.74 Å². The van der Waals surface area contributed by atoms with Crippen molar-refractivity contribution in [2.75, 3.05) is 13.4 Å². The molecule has 1 aromatic rings. The summed E-state index contributed by atoms with van der Waals surface area (Å²) in [4.78, 5) is 0. The molecule has 0 bridgehead atoms. The first kappa shape index (κ1) is 13.5. The first-order valence-corrected chi connectivity index (χ1v) is 7.38. The second kappa shape index (κ2) is 5.16.